The largest absolute Gasteiger partial charge is 0.453 e. The van der Waals surface area contributed by atoms with Crippen LogP contribution in [0.25, 0.3) is 81.6 Å². The highest BCUT2D eigenvalue weighted by Gasteiger charge is 2.14. The molecule has 0 aliphatic carbocycles. The van der Waals surface area contributed by atoms with Crippen LogP contribution in [0.15, 0.2) is 461 Å². The first-order chi connectivity index (χ1) is 57.2. The molecule has 9 aromatic heterocycles. The molecule has 2 N–H and O–H groups in total. The van der Waals surface area contributed by atoms with Crippen molar-refractivity contribution in [2.75, 3.05) is 0 Å². The highest BCUT2D eigenvalue weighted by molar-refractivity contribution is 8.12. The molecule has 568 valence electrons. The fourth-order valence-electron chi connectivity index (χ4n) is 10.9. The summed E-state index contributed by atoms with van der Waals surface area (Å²) in [6.45, 7) is 0. The van der Waals surface area contributed by atoms with Gasteiger partial charge in [0.2, 0.25) is 6.23 Å². The zero-order valence-electron chi connectivity index (χ0n) is 62.1. The van der Waals surface area contributed by atoms with Gasteiger partial charge in [0, 0.05) is 80.3 Å². The van der Waals surface area contributed by atoms with E-state index in [0.29, 0.717) is 5.37 Å². The number of nitrogens with zero attached hydrogens (tertiary/aromatic N) is 11. The van der Waals surface area contributed by atoms with E-state index in [0.717, 1.165) is 44.9 Å². The van der Waals surface area contributed by atoms with E-state index >= 15 is 0 Å². The minimum atomic E-state index is -0.101. The van der Waals surface area contributed by atoms with Crippen LogP contribution in [0.4, 0.5) is 0 Å². The van der Waals surface area contributed by atoms with Crippen LogP contribution in [0.1, 0.15) is 22.7 Å². The monoisotopic (exact) mass is 1600 g/mol. The summed E-state index contributed by atoms with van der Waals surface area (Å²) in [5.41, 5.74) is 24.9. The van der Waals surface area contributed by atoms with Gasteiger partial charge in [0.05, 0.1) is 45.0 Å². The van der Waals surface area contributed by atoms with Gasteiger partial charge in [-0.3, -0.25) is 20.4 Å². The maximum atomic E-state index is 5.14. The number of para-hydroxylation sites is 6. The Morgan fingerprint density at radius 2 is 0.991 bits per heavy atom. The predicted molar refractivity (Wildman–Crippen MR) is 478 cm³/mol. The number of aromatic nitrogens is 9. The lowest BCUT2D eigenvalue weighted by atomic mass is 10.1. The lowest BCUT2D eigenvalue weighted by molar-refractivity contribution is 0.199. The van der Waals surface area contributed by atoms with Gasteiger partial charge in [-0.05, 0) is 124 Å². The molecule has 0 amide bonds. The molecule has 22 rings (SSSR count). The second-order valence-corrected chi connectivity index (χ2v) is 28.5. The second-order valence-electron chi connectivity index (χ2n) is 24.0. The van der Waals surface area contributed by atoms with Crippen LogP contribution in [0.2, 0.25) is 0 Å². The van der Waals surface area contributed by atoms with E-state index in [4.69, 9.17) is 9.15 Å². The fraction of sp³-hybridized carbons (Fsp3) is 0.0213. The Morgan fingerprint density at radius 3 is 1.56 bits per heavy atom. The van der Waals surface area contributed by atoms with Crippen molar-refractivity contribution in [1.82, 2.24) is 54.5 Å². The Kier molecular flexibility index (Phi) is 32.7. The van der Waals surface area contributed by atoms with Gasteiger partial charge in [0.25, 0.3) is 0 Å². The number of oxazole rings is 2. The third-order valence-corrected chi connectivity index (χ3v) is 20.3. The topological polar surface area (TPSA) is 176 Å². The van der Waals surface area contributed by atoms with Crippen molar-refractivity contribution in [2.45, 2.75) is 11.6 Å². The molecule has 0 radical (unpaired) electrons. The summed E-state index contributed by atoms with van der Waals surface area (Å²) in [6, 6.07) is 117. The smallest absolute Gasteiger partial charge is 0.212 e. The average Bonchev–Trinajstić information content (AvgIpc) is 1.75. The number of fused-ring (bicyclic) bond motifs is 3. The Bertz CT molecular complexity index is 5210. The number of hydrogen-bond acceptors (Lipinski definition) is 18. The van der Waals surface area contributed by atoms with Crippen LogP contribution in [0.3, 0.4) is 0 Å². The number of thioether (sulfide) groups is 1. The normalized spacial score (nSPS) is 12.1. The number of thiazole rings is 2. The van der Waals surface area contributed by atoms with Gasteiger partial charge < -0.3 is 22.7 Å². The van der Waals surface area contributed by atoms with Crippen molar-refractivity contribution < 1.29 is 13.6 Å². The molecule has 0 fully saturated rings. The van der Waals surface area contributed by atoms with Gasteiger partial charge in [-0.2, -0.15) is 5.10 Å². The zero-order chi connectivity index (χ0) is 78.5. The molecule has 0 saturated carbocycles. The van der Waals surface area contributed by atoms with Crippen LogP contribution in [-0.4, -0.2) is 55.6 Å². The molecule has 0 bridgehead atoms. The zero-order valence-corrected chi connectivity index (χ0v) is 66.2. The van der Waals surface area contributed by atoms with E-state index in [9.17, 15) is 0 Å². The van der Waals surface area contributed by atoms with E-state index < -0.39 is 0 Å². The number of rotatable bonds is 8. The van der Waals surface area contributed by atoms with Crippen LogP contribution < -0.4 is 10.9 Å². The van der Waals surface area contributed by atoms with Crippen molar-refractivity contribution in [2.24, 2.45) is 10.2 Å². The van der Waals surface area contributed by atoms with Crippen LogP contribution in [0, 0.1) is 0 Å². The number of thiophene rings is 2. The number of nitrogens with one attached hydrogen (secondary N) is 2. The summed E-state index contributed by atoms with van der Waals surface area (Å²) in [6.07, 6.45) is 20.4. The molecule has 0 saturated heterocycles. The number of hydrogen-bond donors (Lipinski definition) is 2. The van der Waals surface area contributed by atoms with Crippen LogP contribution in [0.5, 0.6) is 0 Å². The molecule has 2 aliphatic rings. The lowest BCUT2D eigenvalue weighted by Crippen LogP contribution is -2.10. The second kappa shape index (κ2) is 46.7. The number of benzene rings is 11. The molecule has 115 heavy (non-hydrogen) atoms. The lowest BCUT2D eigenvalue weighted by Gasteiger charge is -2.09. The number of ether oxygens (including phenoxy) is 1. The molecule has 21 heteroatoms. The molecule has 11 aromatic carbocycles. The quantitative estimate of drug-likeness (QED) is 0.147. The van der Waals surface area contributed by atoms with Crippen molar-refractivity contribution in [3.63, 3.8) is 0 Å². The Morgan fingerprint density at radius 1 is 0.374 bits per heavy atom. The Balaban J connectivity index is 0.000000119. The third kappa shape index (κ3) is 26.4. The molecule has 16 nitrogen and oxygen atoms in total. The average molecular weight is 1600 g/mol. The van der Waals surface area contributed by atoms with Gasteiger partial charge in [0.1, 0.15) is 23.0 Å². The maximum Gasteiger partial charge on any atom is 0.212 e. The van der Waals surface area contributed by atoms with Gasteiger partial charge in [-0.1, -0.05) is 267 Å². The Hall–Kier alpha value is -13.9. The van der Waals surface area contributed by atoms with E-state index in [1.165, 1.54) is 73.2 Å². The first-order valence-corrected chi connectivity index (χ1v) is 40.8. The molecule has 2 unspecified atom stereocenters. The summed E-state index contributed by atoms with van der Waals surface area (Å²) in [5.74, 6) is 0.969. The van der Waals surface area contributed by atoms with Crippen molar-refractivity contribution >= 4 is 100 Å². The van der Waals surface area contributed by atoms with Gasteiger partial charge in [-0.15, -0.1) is 50.4 Å². The summed E-state index contributed by atoms with van der Waals surface area (Å²) in [7, 11) is 0. The van der Waals surface area contributed by atoms with E-state index in [1.807, 2.05) is 216 Å². The SMILES string of the molecule is C1=NNC(c2ccccc2)O1.C1=NNC(c2ccccc2)S1.c1ccc(-c2cccn2-c2ccccc2)cc1.c1ccc(-c2cccs2)cc1.c1ccc(-c2nccn2-c2ccccc2)cc1.c1ccc(-n2ccnc2)cc1.c1ccc2ocnc2c1.c1ccc2sccc2c1.c1ccc2scnc2c1.c1cocn1.c1cscn1. The molecular weight excluding hydrogens is 1520 g/mol. The van der Waals surface area contributed by atoms with Crippen molar-refractivity contribution in [3.8, 4) is 50.1 Å². The van der Waals surface area contributed by atoms with Gasteiger partial charge in [-0.25, -0.2) is 24.9 Å². The first kappa shape index (κ1) is 80.6. The standard InChI is InChI=1S/C16H13N.C15H12N2.C10H8S.C9H8N2.C8H8N2O.C8H8N2S.C8H6S.C7H5NO.C7H5NS.C3H3NO.C3H3NS/c1-3-8-14(9-4-1)16-12-7-13-17(16)15-10-5-2-6-11-15;1-3-7-13(8-4-1)15-16-11-12-17(15)14-9-5-2-6-10-14;1-2-5-9(6-3-1)10-7-4-8-11-10;1-2-4-9(5-3-1)11-7-6-10-8-11;2*1-2-4-7(5-3-1)8-10-9-6-11-8;1-2-4-8-7(3-1)5-6-9-8;2*1-2-4-7-6(3-1)8-5-9-7;2*1-2-5-3-4-1/h1-13H;1-12H;2*1-8H;2*1-6,8,10H;1-6H;2*1-5H;2*1-3H. The van der Waals surface area contributed by atoms with Gasteiger partial charge >= 0.3 is 0 Å². The highest BCUT2D eigenvalue weighted by atomic mass is 32.2. The van der Waals surface area contributed by atoms with Crippen LogP contribution in [-0.2, 0) is 4.74 Å². The fourth-order valence-corrected chi connectivity index (χ4v) is 14.1. The van der Waals surface area contributed by atoms with E-state index in [2.05, 4.69) is 251 Å². The van der Waals surface area contributed by atoms with Crippen LogP contribution >= 0.6 is 57.1 Å². The number of imidazole rings is 2. The molecule has 11 heterocycles. The van der Waals surface area contributed by atoms with E-state index in [-0.39, 0.29) is 6.23 Å². The minimum Gasteiger partial charge on any atom is -0.453 e. The van der Waals surface area contributed by atoms with Gasteiger partial charge in [0.15, 0.2) is 24.8 Å². The Labute approximate surface area is 688 Å². The third-order valence-electron chi connectivity index (χ3n) is 16.3. The molecule has 20 aromatic rings. The predicted octanol–water partition coefficient (Wildman–Crippen LogP) is 25.0. The van der Waals surface area contributed by atoms with E-state index in [1.54, 1.807) is 87.5 Å². The molecule has 0 spiro atoms. The first-order valence-electron chi connectivity index (χ1n) is 36.3. The van der Waals surface area contributed by atoms with Crippen molar-refractivity contribution in [1.29, 1.82) is 0 Å². The summed E-state index contributed by atoms with van der Waals surface area (Å²) in [5, 5.41) is 15.5. The maximum absolute atomic E-state index is 5.14. The molecular formula is C94H79N13O3S5. The molecule has 2 atom stereocenters. The summed E-state index contributed by atoms with van der Waals surface area (Å²) < 4.78 is 23.5. The summed E-state index contributed by atoms with van der Waals surface area (Å²) >= 11 is 8.53. The molecule has 2 aliphatic heterocycles. The summed E-state index contributed by atoms with van der Waals surface area (Å²) in [4.78, 5) is 25.1. The number of hydrazone groups is 2. The van der Waals surface area contributed by atoms with Crippen molar-refractivity contribution in [3.05, 3.63) is 453 Å². The highest BCUT2D eigenvalue weighted by Crippen LogP contribution is 2.29. The minimum absolute atomic E-state index is 0.101.